The number of ether oxygens (including phenoxy) is 4. The first-order valence-electron chi connectivity index (χ1n) is 15.3. The molecule has 0 aliphatic carbocycles. The number of carbonyl (C=O) groups excluding carboxylic acids is 2. The second kappa shape index (κ2) is 20.6. The maximum Gasteiger partial charge on any atom is 0.338 e. The van der Waals surface area contributed by atoms with Gasteiger partial charge in [0, 0.05) is 5.88 Å². The van der Waals surface area contributed by atoms with Gasteiger partial charge in [-0.1, -0.05) is 91.0 Å². The zero-order valence-electron chi connectivity index (χ0n) is 26.9. The smallest absolute Gasteiger partial charge is 0.338 e. The fourth-order valence-electron chi connectivity index (χ4n) is 3.98. The molecule has 5 aromatic rings. The molecule has 0 radical (unpaired) electrons. The summed E-state index contributed by atoms with van der Waals surface area (Å²) in [5.74, 6) is 0.233. The molecule has 0 spiro atoms. The average Bonchev–Trinajstić information content (AvgIpc) is 3.13. The Hall–Kier alpha value is -5.47. The van der Waals surface area contributed by atoms with Crippen LogP contribution in [0.15, 0.2) is 127 Å². The molecule has 0 aromatic heterocycles. The molecule has 0 saturated heterocycles. The molecule has 0 saturated carbocycles. The molecule has 9 heteroatoms. The zero-order chi connectivity index (χ0) is 34.6. The summed E-state index contributed by atoms with van der Waals surface area (Å²) in [7, 11) is 0. The minimum atomic E-state index is -0.516. The van der Waals surface area contributed by atoms with E-state index in [2.05, 4.69) is 0 Å². The van der Waals surface area contributed by atoms with Crippen LogP contribution in [-0.4, -0.2) is 35.4 Å². The molecular formula is C39H39ClO8. The predicted molar refractivity (Wildman–Crippen MR) is 186 cm³/mol. The Bertz CT molecular complexity index is 1680. The number of phenols is 2. The van der Waals surface area contributed by atoms with Crippen LogP contribution in [0.25, 0.3) is 0 Å². The van der Waals surface area contributed by atoms with Crippen LogP contribution in [0.3, 0.4) is 0 Å². The second-order valence-corrected chi connectivity index (χ2v) is 10.2. The normalized spacial score (nSPS) is 9.90. The Labute approximate surface area is 286 Å². The van der Waals surface area contributed by atoms with E-state index >= 15 is 0 Å². The van der Waals surface area contributed by atoms with Gasteiger partial charge >= 0.3 is 11.9 Å². The standard InChI is InChI=1S/C23H22O4.C9H10O4.C7H7Cl/c1-2-25-23(24)20-13-14-21(26-16-18-9-5-3-6-10-18)22(15-20)27-17-19-11-7-4-8-12-19;1-2-13-9(12)6-3-4-7(10)8(11)5-6;8-6-7-4-2-1-3-5-7/h3-15H,2,16-17H2,1H3;3-5,10-11H,2H2,1H3;1-5H,6H2. The van der Waals surface area contributed by atoms with Gasteiger partial charge in [-0.15, -0.1) is 11.6 Å². The van der Waals surface area contributed by atoms with Crippen LogP contribution in [0.1, 0.15) is 51.3 Å². The number of aromatic hydroxyl groups is 2. The molecule has 0 aliphatic heterocycles. The lowest BCUT2D eigenvalue weighted by atomic mass is 10.2. The number of hydrogen-bond acceptors (Lipinski definition) is 8. The number of hydrogen-bond donors (Lipinski definition) is 2. The van der Waals surface area contributed by atoms with Gasteiger partial charge in [0.2, 0.25) is 0 Å². The quantitative estimate of drug-likeness (QED) is 0.0815. The van der Waals surface area contributed by atoms with Crippen molar-refractivity contribution in [2.45, 2.75) is 32.9 Å². The Morgan fingerprint density at radius 2 is 0.979 bits per heavy atom. The third-order valence-corrected chi connectivity index (χ3v) is 6.72. The Morgan fingerprint density at radius 1 is 0.542 bits per heavy atom. The Kier molecular flexibility index (Phi) is 15.9. The largest absolute Gasteiger partial charge is 0.504 e. The van der Waals surface area contributed by atoms with Crippen molar-refractivity contribution in [3.63, 3.8) is 0 Å². The Morgan fingerprint density at radius 3 is 1.42 bits per heavy atom. The molecule has 5 rings (SSSR count). The number of carbonyl (C=O) groups is 2. The van der Waals surface area contributed by atoms with Crippen LogP contribution in [0.4, 0.5) is 0 Å². The molecule has 2 N–H and O–H groups in total. The summed E-state index contributed by atoms with van der Waals surface area (Å²) in [5, 5.41) is 18.0. The van der Waals surface area contributed by atoms with E-state index in [9.17, 15) is 9.59 Å². The SMILES string of the molecule is CCOC(=O)c1ccc(O)c(O)c1.CCOC(=O)c1ccc(OCc2ccccc2)c(OCc2ccccc2)c1.ClCc1ccccc1. The van der Waals surface area contributed by atoms with Crippen molar-refractivity contribution in [1.82, 2.24) is 0 Å². The molecule has 5 aromatic carbocycles. The molecule has 0 bridgehead atoms. The van der Waals surface area contributed by atoms with Crippen LogP contribution in [-0.2, 0) is 28.6 Å². The van der Waals surface area contributed by atoms with Gasteiger partial charge in [0.05, 0.1) is 24.3 Å². The lowest BCUT2D eigenvalue weighted by Crippen LogP contribution is -2.06. The molecule has 8 nitrogen and oxygen atoms in total. The highest BCUT2D eigenvalue weighted by Gasteiger charge is 2.13. The number of rotatable bonds is 11. The minimum absolute atomic E-state index is 0.220. The van der Waals surface area contributed by atoms with Crippen molar-refractivity contribution >= 4 is 23.5 Å². The maximum atomic E-state index is 12.0. The third kappa shape index (κ3) is 12.7. The number of benzene rings is 5. The van der Waals surface area contributed by atoms with Crippen molar-refractivity contribution in [2.24, 2.45) is 0 Å². The number of alkyl halides is 1. The van der Waals surface area contributed by atoms with E-state index in [-0.39, 0.29) is 29.6 Å². The van der Waals surface area contributed by atoms with Crippen LogP contribution in [0.2, 0.25) is 0 Å². The fourth-order valence-corrected chi connectivity index (χ4v) is 4.16. The first-order valence-corrected chi connectivity index (χ1v) is 15.8. The van der Waals surface area contributed by atoms with Gasteiger partial charge in [0.15, 0.2) is 23.0 Å². The van der Waals surface area contributed by atoms with Gasteiger partial charge in [-0.25, -0.2) is 9.59 Å². The van der Waals surface area contributed by atoms with Gasteiger partial charge in [-0.3, -0.25) is 0 Å². The molecule has 0 aliphatic rings. The van der Waals surface area contributed by atoms with Crippen LogP contribution >= 0.6 is 11.6 Å². The monoisotopic (exact) mass is 670 g/mol. The molecule has 0 heterocycles. The lowest BCUT2D eigenvalue weighted by molar-refractivity contribution is 0.0516. The molecule has 0 fully saturated rings. The summed E-state index contributed by atoms with van der Waals surface area (Å²) in [6.45, 7) is 4.88. The average molecular weight is 671 g/mol. The van der Waals surface area contributed by atoms with Crippen molar-refractivity contribution in [3.05, 3.63) is 155 Å². The van der Waals surface area contributed by atoms with Gasteiger partial charge in [0.25, 0.3) is 0 Å². The Balaban J connectivity index is 0.000000244. The zero-order valence-corrected chi connectivity index (χ0v) is 27.6. The van der Waals surface area contributed by atoms with E-state index < -0.39 is 5.97 Å². The first kappa shape index (κ1) is 37.0. The summed E-state index contributed by atoms with van der Waals surface area (Å²) in [4.78, 5) is 23.1. The predicted octanol–water partition coefficient (Wildman–Crippen LogP) is 8.72. The van der Waals surface area contributed by atoms with Crippen LogP contribution in [0.5, 0.6) is 23.0 Å². The van der Waals surface area contributed by atoms with Crippen molar-refractivity contribution < 1.29 is 38.7 Å². The van der Waals surface area contributed by atoms with E-state index in [1.807, 2.05) is 91.0 Å². The van der Waals surface area contributed by atoms with Gasteiger partial charge in [0.1, 0.15) is 13.2 Å². The number of esters is 2. The van der Waals surface area contributed by atoms with Crippen molar-refractivity contribution in [1.29, 1.82) is 0 Å². The van der Waals surface area contributed by atoms with Gasteiger partial charge in [-0.05, 0) is 66.9 Å². The molecule has 0 unspecified atom stereocenters. The molecule has 48 heavy (non-hydrogen) atoms. The van der Waals surface area contributed by atoms with Gasteiger partial charge < -0.3 is 29.2 Å². The summed E-state index contributed by atoms with van der Waals surface area (Å²) in [6.07, 6.45) is 0. The summed E-state index contributed by atoms with van der Waals surface area (Å²) < 4.78 is 21.6. The van der Waals surface area contributed by atoms with Gasteiger partial charge in [-0.2, -0.15) is 0 Å². The molecule has 0 atom stereocenters. The lowest BCUT2D eigenvalue weighted by Gasteiger charge is -2.14. The highest BCUT2D eigenvalue weighted by molar-refractivity contribution is 6.17. The van der Waals surface area contributed by atoms with E-state index in [1.54, 1.807) is 32.0 Å². The van der Waals surface area contributed by atoms with E-state index in [0.29, 0.717) is 42.8 Å². The summed E-state index contributed by atoms with van der Waals surface area (Å²) >= 11 is 5.53. The number of halogens is 1. The van der Waals surface area contributed by atoms with Crippen molar-refractivity contribution in [3.8, 4) is 23.0 Å². The second-order valence-electron chi connectivity index (χ2n) is 9.97. The van der Waals surface area contributed by atoms with Crippen molar-refractivity contribution in [2.75, 3.05) is 13.2 Å². The van der Waals surface area contributed by atoms with Crippen LogP contribution < -0.4 is 9.47 Å². The first-order chi connectivity index (χ1) is 23.3. The summed E-state index contributed by atoms with van der Waals surface area (Å²) in [6, 6.07) is 38.6. The van der Waals surface area contributed by atoms with E-state index in [1.165, 1.54) is 17.7 Å². The molecule has 250 valence electrons. The van der Waals surface area contributed by atoms with E-state index in [4.69, 9.17) is 40.8 Å². The highest BCUT2D eigenvalue weighted by Crippen LogP contribution is 2.30. The minimum Gasteiger partial charge on any atom is -0.504 e. The number of phenolic OH excluding ortho intramolecular Hbond substituents is 2. The highest BCUT2D eigenvalue weighted by atomic mass is 35.5. The topological polar surface area (TPSA) is 112 Å². The molecule has 0 amide bonds. The molecular weight excluding hydrogens is 632 g/mol. The van der Waals surface area contributed by atoms with Crippen LogP contribution in [0, 0.1) is 0 Å². The van der Waals surface area contributed by atoms with E-state index in [0.717, 1.165) is 17.2 Å². The third-order valence-electron chi connectivity index (χ3n) is 6.41. The summed E-state index contributed by atoms with van der Waals surface area (Å²) in [5.41, 5.74) is 3.92. The fraction of sp³-hybridized carbons (Fsp3) is 0.179. The maximum absolute atomic E-state index is 12.0.